The lowest BCUT2D eigenvalue weighted by Gasteiger charge is -2.01. The molecule has 0 aliphatic rings. The van der Waals surface area contributed by atoms with E-state index in [0.29, 0.717) is 0 Å². The molecule has 3 N–H and O–H groups in total. The summed E-state index contributed by atoms with van der Waals surface area (Å²) in [5.41, 5.74) is -1.48. The number of hydrogen-bond donors (Lipinski definition) is 3. The molecule has 15 heavy (non-hydrogen) atoms. The second-order valence-electron chi connectivity index (χ2n) is 2.59. The van der Waals surface area contributed by atoms with Gasteiger partial charge in [-0.1, -0.05) is 0 Å². The molecule has 0 atom stereocenters. The third-order valence-corrected chi connectivity index (χ3v) is 1.63. The highest BCUT2D eigenvalue weighted by Crippen LogP contribution is 2.12. The molecule has 0 heterocycles. The Balaban J connectivity index is 3.40. The summed E-state index contributed by atoms with van der Waals surface area (Å²) in [6.07, 6.45) is 0. The molecule has 77 valence electrons. The van der Waals surface area contributed by atoms with E-state index in [0.717, 1.165) is 12.1 Å². The van der Waals surface area contributed by atoms with Gasteiger partial charge in [0.2, 0.25) is 0 Å². The summed E-state index contributed by atoms with van der Waals surface area (Å²) in [4.78, 5) is 31.7. The number of benzene rings is 1. The second-order valence-corrected chi connectivity index (χ2v) is 2.59. The lowest BCUT2D eigenvalue weighted by Crippen LogP contribution is -2.10. The number of hydrogen-bond acceptors (Lipinski definition) is 3. The van der Waals surface area contributed by atoms with Crippen LogP contribution in [0.5, 0.6) is 0 Å². The van der Waals surface area contributed by atoms with E-state index in [1.54, 1.807) is 0 Å². The zero-order valence-corrected chi connectivity index (χ0v) is 7.22. The van der Waals surface area contributed by atoms with E-state index >= 15 is 0 Å². The van der Waals surface area contributed by atoms with Gasteiger partial charge in [0.05, 0.1) is 16.7 Å². The van der Waals surface area contributed by atoms with E-state index in [9.17, 15) is 14.4 Å². The SMILES string of the molecule is O=C(O)c1c[c]c(C(=O)O)c(C(=O)O)c1. The molecule has 6 nitrogen and oxygen atoms in total. The van der Waals surface area contributed by atoms with Crippen molar-refractivity contribution in [1.29, 1.82) is 0 Å². The molecule has 1 radical (unpaired) electrons. The van der Waals surface area contributed by atoms with Gasteiger partial charge in [0, 0.05) is 0 Å². The Labute approximate surface area is 83.4 Å². The van der Waals surface area contributed by atoms with E-state index in [4.69, 9.17) is 15.3 Å². The van der Waals surface area contributed by atoms with Crippen LogP contribution in [0, 0.1) is 6.07 Å². The van der Waals surface area contributed by atoms with E-state index in [1.165, 1.54) is 0 Å². The fourth-order valence-corrected chi connectivity index (χ4v) is 0.966. The Morgan fingerprint density at radius 1 is 1.00 bits per heavy atom. The van der Waals surface area contributed by atoms with E-state index in [1.807, 2.05) is 0 Å². The molecule has 0 spiro atoms. The van der Waals surface area contributed by atoms with Gasteiger partial charge in [-0.05, 0) is 18.2 Å². The fourth-order valence-electron chi connectivity index (χ4n) is 0.966. The summed E-state index contributed by atoms with van der Waals surface area (Å²) in [7, 11) is 0. The molecule has 0 aromatic heterocycles. The van der Waals surface area contributed by atoms with Crippen LogP contribution in [0.3, 0.4) is 0 Å². The number of carbonyl (C=O) groups is 3. The molecular formula is C9H5O6. The summed E-state index contributed by atoms with van der Waals surface area (Å²) in [6, 6.07) is 3.80. The quantitative estimate of drug-likeness (QED) is 0.671. The molecule has 0 unspecified atom stereocenters. The maximum absolute atomic E-state index is 10.6. The summed E-state index contributed by atoms with van der Waals surface area (Å²) in [6.45, 7) is 0. The molecule has 0 saturated heterocycles. The monoisotopic (exact) mass is 209 g/mol. The minimum Gasteiger partial charge on any atom is -0.478 e. The van der Waals surface area contributed by atoms with Crippen molar-refractivity contribution in [2.24, 2.45) is 0 Å². The second kappa shape index (κ2) is 3.79. The van der Waals surface area contributed by atoms with Crippen molar-refractivity contribution in [2.75, 3.05) is 0 Å². The lowest BCUT2D eigenvalue weighted by molar-refractivity contribution is 0.0649. The van der Waals surface area contributed by atoms with Crippen LogP contribution in [0.2, 0.25) is 0 Å². The van der Waals surface area contributed by atoms with Gasteiger partial charge in [-0.25, -0.2) is 14.4 Å². The molecular weight excluding hydrogens is 204 g/mol. The minimum atomic E-state index is -1.51. The number of carboxylic acid groups (broad SMARTS) is 3. The molecule has 1 rings (SSSR count). The molecule has 1 aromatic rings. The van der Waals surface area contributed by atoms with Gasteiger partial charge in [-0.2, -0.15) is 0 Å². The van der Waals surface area contributed by atoms with Crippen LogP contribution < -0.4 is 0 Å². The molecule has 0 aliphatic carbocycles. The molecule has 0 amide bonds. The van der Waals surface area contributed by atoms with Crippen molar-refractivity contribution in [1.82, 2.24) is 0 Å². The number of carboxylic acids is 3. The summed E-state index contributed by atoms with van der Waals surface area (Å²) < 4.78 is 0. The normalized spacial score (nSPS) is 9.60. The van der Waals surface area contributed by atoms with Gasteiger partial charge in [-0.3, -0.25) is 0 Å². The van der Waals surface area contributed by atoms with Crippen LogP contribution in [0.15, 0.2) is 12.1 Å². The Morgan fingerprint density at radius 2 is 1.60 bits per heavy atom. The first kappa shape index (κ1) is 10.7. The first-order chi connectivity index (χ1) is 6.93. The molecule has 0 fully saturated rings. The summed E-state index contributed by atoms with van der Waals surface area (Å²) in [5, 5.41) is 25.8. The van der Waals surface area contributed by atoms with Gasteiger partial charge >= 0.3 is 17.9 Å². The molecule has 0 bridgehead atoms. The standard InChI is InChI=1S/C9H5O6/c10-7(11)4-1-2-5(8(12)13)6(3-4)9(14)15/h1,3H,(H,10,11)(H,12,13)(H,14,15). The van der Waals surface area contributed by atoms with E-state index in [-0.39, 0.29) is 5.56 Å². The highest BCUT2D eigenvalue weighted by Gasteiger charge is 2.18. The smallest absolute Gasteiger partial charge is 0.337 e. The van der Waals surface area contributed by atoms with Gasteiger partial charge in [0.1, 0.15) is 0 Å². The Morgan fingerprint density at radius 3 is 2.00 bits per heavy atom. The maximum Gasteiger partial charge on any atom is 0.337 e. The average Bonchev–Trinajstić information content (AvgIpc) is 2.16. The Kier molecular flexibility index (Phi) is 2.70. The molecule has 1 aromatic carbocycles. The predicted octanol–water partition coefficient (Wildman–Crippen LogP) is 0.581. The van der Waals surface area contributed by atoms with Gasteiger partial charge < -0.3 is 15.3 Å². The van der Waals surface area contributed by atoms with Crippen LogP contribution in [-0.4, -0.2) is 33.2 Å². The zero-order valence-electron chi connectivity index (χ0n) is 7.22. The van der Waals surface area contributed by atoms with Crippen LogP contribution >= 0.6 is 0 Å². The highest BCUT2D eigenvalue weighted by atomic mass is 16.4. The Hall–Kier alpha value is -2.37. The lowest BCUT2D eigenvalue weighted by atomic mass is 10.0. The van der Waals surface area contributed by atoms with E-state index in [2.05, 4.69) is 6.07 Å². The molecule has 0 aliphatic heterocycles. The first-order valence-corrected chi connectivity index (χ1v) is 3.69. The number of rotatable bonds is 3. The highest BCUT2D eigenvalue weighted by molar-refractivity contribution is 6.03. The van der Waals surface area contributed by atoms with Crippen molar-refractivity contribution in [3.05, 3.63) is 34.9 Å². The van der Waals surface area contributed by atoms with Gasteiger partial charge in [0.25, 0.3) is 0 Å². The minimum absolute atomic E-state index is 0.322. The topological polar surface area (TPSA) is 112 Å². The maximum atomic E-state index is 10.6. The summed E-state index contributed by atoms with van der Waals surface area (Å²) in [5.74, 6) is -4.32. The van der Waals surface area contributed by atoms with E-state index < -0.39 is 29.0 Å². The predicted molar refractivity (Wildman–Crippen MR) is 46.2 cm³/mol. The van der Waals surface area contributed by atoms with Crippen LogP contribution in [-0.2, 0) is 0 Å². The van der Waals surface area contributed by atoms with Crippen LogP contribution in [0.4, 0.5) is 0 Å². The van der Waals surface area contributed by atoms with Crippen molar-refractivity contribution < 1.29 is 29.7 Å². The van der Waals surface area contributed by atoms with Crippen LogP contribution in [0.1, 0.15) is 31.1 Å². The third kappa shape index (κ3) is 2.11. The van der Waals surface area contributed by atoms with Crippen molar-refractivity contribution in [3.63, 3.8) is 0 Å². The van der Waals surface area contributed by atoms with Crippen molar-refractivity contribution >= 4 is 17.9 Å². The van der Waals surface area contributed by atoms with Gasteiger partial charge in [-0.15, -0.1) is 0 Å². The molecule has 6 heteroatoms. The van der Waals surface area contributed by atoms with Crippen molar-refractivity contribution in [3.8, 4) is 0 Å². The Bertz CT molecular complexity index is 448. The number of aromatic carboxylic acids is 3. The fraction of sp³-hybridized carbons (Fsp3) is 0. The third-order valence-electron chi connectivity index (χ3n) is 1.63. The largest absolute Gasteiger partial charge is 0.478 e. The summed E-state index contributed by atoms with van der Waals surface area (Å²) >= 11 is 0. The first-order valence-electron chi connectivity index (χ1n) is 3.69. The van der Waals surface area contributed by atoms with Gasteiger partial charge in [0.15, 0.2) is 0 Å². The molecule has 0 saturated carbocycles. The zero-order chi connectivity index (χ0) is 11.6. The van der Waals surface area contributed by atoms with Crippen molar-refractivity contribution in [2.45, 2.75) is 0 Å². The average molecular weight is 209 g/mol. The van der Waals surface area contributed by atoms with Crippen LogP contribution in [0.25, 0.3) is 0 Å².